The summed E-state index contributed by atoms with van der Waals surface area (Å²) in [4.78, 5) is 0. The standard InChI is InChI=1S/C18H30BFO2/c1-16(2)17(3,4)22-19(21-16)15(20)14-10-9-13-18(14)11-7-5-6-8-12-18/h5-13H2,1-4H3. The van der Waals surface area contributed by atoms with E-state index < -0.39 is 18.3 Å². The molecule has 0 aromatic carbocycles. The quantitative estimate of drug-likeness (QED) is 0.607. The average molecular weight is 308 g/mol. The highest BCUT2D eigenvalue weighted by molar-refractivity contribution is 6.53. The molecule has 3 fully saturated rings. The van der Waals surface area contributed by atoms with Crippen LogP contribution in [0.1, 0.15) is 85.5 Å². The Hall–Kier alpha value is -0.345. The topological polar surface area (TPSA) is 18.5 Å². The molecule has 0 radical (unpaired) electrons. The first kappa shape index (κ1) is 16.5. The minimum absolute atomic E-state index is 0.101. The summed E-state index contributed by atoms with van der Waals surface area (Å²) in [6, 6.07) is 0. The normalized spacial score (nSPS) is 32.3. The predicted molar refractivity (Wildman–Crippen MR) is 88.2 cm³/mol. The molecule has 0 bridgehead atoms. The third-order valence-corrected chi connectivity index (χ3v) is 6.53. The number of rotatable bonds is 1. The summed E-state index contributed by atoms with van der Waals surface area (Å²) in [5.41, 5.74) is 0.0747. The van der Waals surface area contributed by atoms with Gasteiger partial charge in [-0.05, 0) is 70.8 Å². The lowest BCUT2D eigenvalue weighted by atomic mass is 9.71. The zero-order valence-electron chi connectivity index (χ0n) is 14.6. The van der Waals surface area contributed by atoms with Gasteiger partial charge in [0, 0.05) is 0 Å². The van der Waals surface area contributed by atoms with Crippen LogP contribution in [-0.2, 0) is 9.31 Å². The highest BCUT2D eigenvalue weighted by atomic mass is 19.1. The Labute approximate surface area is 135 Å². The van der Waals surface area contributed by atoms with Gasteiger partial charge in [0.1, 0.15) is 5.73 Å². The molecule has 1 aliphatic heterocycles. The molecule has 0 aromatic rings. The summed E-state index contributed by atoms with van der Waals surface area (Å²) < 4.78 is 27.2. The van der Waals surface area contributed by atoms with Gasteiger partial charge in [-0.2, -0.15) is 0 Å². The molecular formula is C18H30BFO2. The summed E-state index contributed by atoms with van der Waals surface area (Å²) >= 11 is 0. The predicted octanol–water partition coefficient (Wildman–Crippen LogP) is 5.37. The van der Waals surface area contributed by atoms with Crippen molar-refractivity contribution in [3.8, 4) is 0 Å². The van der Waals surface area contributed by atoms with E-state index in [0.717, 1.165) is 37.7 Å². The maximum absolute atomic E-state index is 15.3. The second kappa shape index (κ2) is 5.63. The Bertz CT molecular complexity index is 446. The molecule has 0 N–H and O–H groups in total. The molecule has 0 amide bonds. The minimum Gasteiger partial charge on any atom is -0.398 e. The second-order valence-corrected chi connectivity index (χ2v) is 8.46. The van der Waals surface area contributed by atoms with Gasteiger partial charge in [0.2, 0.25) is 0 Å². The van der Waals surface area contributed by atoms with Crippen molar-refractivity contribution >= 4 is 7.12 Å². The van der Waals surface area contributed by atoms with Gasteiger partial charge < -0.3 is 9.31 Å². The third-order valence-electron chi connectivity index (χ3n) is 6.53. The molecule has 1 spiro atoms. The van der Waals surface area contributed by atoms with Crippen LogP contribution >= 0.6 is 0 Å². The van der Waals surface area contributed by atoms with Gasteiger partial charge in [-0.25, -0.2) is 4.39 Å². The van der Waals surface area contributed by atoms with E-state index in [9.17, 15) is 0 Å². The first-order chi connectivity index (χ1) is 10.3. The van der Waals surface area contributed by atoms with Crippen molar-refractivity contribution in [1.82, 2.24) is 0 Å². The number of hydrogen-bond donors (Lipinski definition) is 0. The first-order valence-electron chi connectivity index (χ1n) is 9.02. The van der Waals surface area contributed by atoms with Gasteiger partial charge in [-0.3, -0.25) is 0 Å². The monoisotopic (exact) mass is 308 g/mol. The van der Waals surface area contributed by atoms with Crippen molar-refractivity contribution in [2.75, 3.05) is 0 Å². The van der Waals surface area contributed by atoms with Gasteiger partial charge >= 0.3 is 7.12 Å². The summed E-state index contributed by atoms with van der Waals surface area (Å²) in [6.07, 6.45) is 10.5. The van der Waals surface area contributed by atoms with Crippen LogP contribution in [0.25, 0.3) is 0 Å². The second-order valence-electron chi connectivity index (χ2n) is 8.46. The van der Waals surface area contributed by atoms with E-state index in [4.69, 9.17) is 9.31 Å². The maximum atomic E-state index is 15.3. The van der Waals surface area contributed by atoms with Crippen LogP contribution in [0.15, 0.2) is 11.3 Å². The van der Waals surface area contributed by atoms with Crippen molar-refractivity contribution < 1.29 is 13.7 Å². The van der Waals surface area contributed by atoms with Crippen molar-refractivity contribution in [3.63, 3.8) is 0 Å². The third kappa shape index (κ3) is 2.67. The van der Waals surface area contributed by atoms with Gasteiger partial charge in [0.25, 0.3) is 0 Å². The SMILES string of the molecule is CC1(C)OB(C(F)=C2CCCC23CCCCCC3)OC1(C)C. The van der Waals surface area contributed by atoms with Crippen molar-refractivity contribution in [2.45, 2.75) is 96.7 Å². The van der Waals surface area contributed by atoms with Crippen LogP contribution in [0.5, 0.6) is 0 Å². The maximum Gasteiger partial charge on any atom is 0.525 e. The summed E-state index contributed by atoms with van der Waals surface area (Å²) in [6.45, 7) is 7.95. The molecule has 3 rings (SSSR count). The molecule has 1 saturated heterocycles. The Balaban J connectivity index is 1.88. The molecule has 4 heteroatoms. The Morgan fingerprint density at radius 2 is 1.36 bits per heavy atom. The van der Waals surface area contributed by atoms with E-state index in [1.54, 1.807) is 0 Å². The van der Waals surface area contributed by atoms with E-state index in [0.29, 0.717) is 0 Å². The largest absolute Gasteiger partial charge is 0.525 e. The molecule has 2 saturated carbocycles. The average Bonchev–Trinajstić information content (AvgIpc) is 2.80. The van der Waals surface area contributed by atoms with Crippen molar-refractivity contribution in [2.24, 2.45) is 5.41 Å². The van der Waals surface area contributed by atoms with Crippen LogP contribution in [0.4, 0.5) is 4.39 Å². The van der Waals surface area contributed by atoms with E-state index in [1.807, 2.05) is 27.7 Å². The fourth-order valence-corrected chi connectivity index (χ4v) is 4.44. The minimum atomic E-state index is -0.807. The van der Waals surface area contributed by atoms with Gasteiger partial charge in [-0.15, -0.1) is 0 Å². The zero-order valence-corrected chi connectivity index (χ0v) is 14.6. The molecule has 1 heterocycles. The van der Waals surface area contributed by atoms with Crippen LogP contribution in [0, 0.1) is 5.41 Å². The Morgan fingerprint density at radius 1 is 0.864 bits per heavy atom. The number of allylic oxidation sites excluding steroid dienone is 1. The van der Waals surface area contributed by atoms with Crippen LogP contribution in [-0.4, -0.2) is 18.3 Å². The van der Waals surface area contributed by atoms with Crippen LogP contribution < -0.4 is 0 Å². The van der Waals surface area contributed by atoms with Crippen molar-refractivity contribution in [3.05, 3.63) is 11.3 Å². The van der Waals surface area contributed by atoms with Gasteiger partial charge in [0.05, 0.1) is 11.2 Å². The smallest absolute Gasteiger partial charge is 0.398 e. The lowest BCUT2D eigenvalue weighted by Crippen LogP contribution is -2.41. The van der Waals surface area contributed by atoms with Gasteiger partial charge in [-0.1, -0.05) is 25.7 Å². The molecule has 2 aliphatic carbocycles. The van der Waals surface area contributed by atoms with E-state index >= 15 is 4.39 Å². The number of halogens is 1. The lowest BCUT2D eigenvalue weighted by molar-refractivity contribution is 0.00578. The summed E-state index contributed by atoms with van der Waals surface area (Å²) in [7, 11) is -0.807. The molecule has 0 aromatic heterocycles. The highest BCUT2D eigenvalue weighted by Gasteiger charge is 2.55. The van der Waals surface area contributed by atoms with Crippen LogP contribution in [0.2, 0.25) is 0 Å². The lowest BCUT2D eigenvalue weighted by Gasteiger charge is -2.32. The molecule has 3 aliphatic rings. The van der Waals surface area contributed by atoms with E-state index in [2.05, 4.69) is 0 Å². The first-order valence-corrected chi connectivity index (χ1v) is 9.02. The fourth-order valence-electron chi connectivity index (χ4n) is 4.44. The van der Waals surface area contributed by atoms with Crippen molar-refractivity contribution in [1.29, 1.82) is 0 Å². The molecule has 0 unspecified atom stereocenters. The summed E-state index contributed by atoms with van der Waals surface area (Å²) in [5, 5.41) is 0. The molecular weight excluding hydrogens is 278 g/mol. The molecule has 0 atom stereocenters. The van der Waals surface area contributed by atoms with E-state index in [-0.39, 0.29) is 11.1 Å². The number of hydrogen-bond acceptors (Lipinski definition) is 2. The molecule has 22 heavy (non-hydrogen) atoms. The zero-order chi connectivity index (χ0) is 16.0. The molecule has 124 valence electrons. The fraction of sp³-hybridized carbons (Fsp3) is 0.889. The Kier molecular flexibility index (Phi) is 4.22. The van der Waals surface area contributed by atoms with Crippen LogP contribution in [0.3, 0.4) is 0 Å². The molecule has 2 nitrogen and oxygen atoms in total. The van der Waals surface area contributed by atoms with E-state index in [1.165, 1.54) is 25.7 Å². The summed E-state index contributed by atoms with van der Waals surface area (Å²) in [5.74, 6) is 0. The highest BCUT2D eigenvalue weighted by Crippen LogP contribution is 2.54. The Morgan fingerprint density at radius 3 is 1.91 bits per heavy atom. The van der Waals surface area contributed by atoms with Gasteiger partial charge in [0.15, 0.2) is 0 Å².